The Balaban J connectivity index is 2.24. The summed E-state index contributed by atoms with van der Waals surface area (Å²) >= 11 is 0. The smallest absolute Gasteiger partial charge is 0.332 e. The lowest BCUT2D eigenvalue weighted by Crippen LogP contribution is -2.35. The highest BCUT2D eigenvalue weighted by Crippen LogP contribution is 2.44. The molecule has 17 heavy (non-hydrogen) atoms. The minimum Gasteiger partial charge on any atom is -0.350 e. The van der Waals surface area contributed by atoms with E-state index < -0.39 is 6.03 Å². The molecule has 94 valence electrons. The van der Waals surface area contributed by atoms with Crippen LogP contribution in [0.25, 0.3) is 0 Å². The quantitative estimate of drug-likeness (QED) is 0.532. The van der Waals surface area contributed by atoms with Crippen molar-refractivity contribution in [1.29, 1.82) is 0 Å². The fourth-order valence-corrected chi connectivity index (χ4v) is 3.32. The van der Waals surface area contributed by atoms with Crippen molar-refractivity contribution in [3.63, 3.8) is 0 Å². The molecule has 4 heteroatoms. The van der Waals surface area contributed by atoms with Crippen molar-refractivity contribution < 1.29 is 4.79 Å². The number of hydrazone groups is 1. The van der Waals surface area contributed by atoms with Gasteiger partial charge in [-0.05, 0) is 45.4 Å². The Morgan fingerprint density at radius 1 is 1.35 bits per heavy atom. The number of amides is 2. The number of primary amides is 1. The SMILES string of the molecule is CC(C)=C1[C@@H]2CCC[C@@H]1/C(=N\NC(N)=O)CC2. The summed E-state index contributed by atoms with van der Waals surface area (Å²) in [5.74, 6) is 1.19. The molecule has 3 N–H and O–H groups in total. The molecule has 0 spiro atoms. The molecule has 0 saturated heterocycles. The Morgan fingerprint density at radius 2 is 2.12 bits per heavy atom. The molecule has 2 aliphatic rings. The van der Waals surface area contributed by atoms with E-state index in [0.717, 1.165) is 30.9 Å². The van der Waals surface area contributed by atoms with E-state index in [0.29, 0.717) is 5.92 Å². The van der Waals surface area contributed by atoms with Gasteiger partial charge in [0.25, 0.3) is 0 Å². The summed E-state index contributed by atoms with van der Waals surface area (Å²) in [7, 11) is 0. The molecule has 2 bridgehead atoms. The Morgan fingerprint density at radius 3 is 2.76 bits per heavy atom. The summed E-state index contributed by atoms with van der Waals surface area (Å²) < 4.78 is 0. The van der Waals surface area contributed by atoms with Crippen LogP contribution < -0.4 is 11.2 Å². The van der Waals surface area contributed by atoms with Gasteiger partial charge >= 0.3 is 6.03 Å². The van der Waals surface area contributed by atoms with Crippen molar-refractivity contribution in [2.24, 2.45) is 22.7 Å². The van der Waals surface area contributed by atoms with Gasteiger partial charge in [-0.25, -0.2) is 10.2 Å². The van der Waals surface area contributed by atoms with E-state index in [1.807, 2.05) is 0 Å². The lowest BCUT2D eigenvalue weighted by molar-refractivity contribution is 0.249. The van der Waals surface area contributed by atoms with Crippen molar-refractivity contribution in [2.45, 2.75) is 46.0 Å². The van der Waals surface area contributed by atoms with E-state index in [-0.39, 0.29) is 0 Å². The summed E-state index contributed by atoms with van der Waals surface area (Å²) in [6.07, 6.45) is 5.90. The summed E-state index contributed by atoms with van der Waals surface area (Å²) in [5.41, 5.74) is 11.5. The van der Waals surface area contributed by atoms with Gasteiger partial charge in [-0.3, -0.25) is 0 Å². The first kappa shape index (κ1) is 12.1. The molecule has 2 rings (SSSR count). The number of urea groups is 1. The monoisotopic (exact) mass is 235 g/mol. The van der Waals surface area contributed by atoms with Crippen LogP contribution in [0.4, 0.5) is 4.79 Å². The highest BCUT2D eigenvalue weighted by Gasteiger charge is 2.35. The van der Waals surface area contributed by atoms with Gasteiger partial charge in [0.1, 0.15) is 0 Å². The largest absolute Gasteiger partial charge is 0.350 e. The fourth-order valence-electron chi connectivity index (χ4n) is 3.32. The molecule has 2 saturated carbocycles. The maximum atomic E-state index is 10.7. The van der Waals surface area contributed by atoms with Gasteiger partial charge in [-0.1, -0.05) is 17.6 Å². The lowest BCUT2D eigenvalue weighted by atomic mass is 9.66. The normalized spacial score (nSPS) is 30.2. The van der Waals surface area contributed by atoms with Gasteiger partial charge in [0.15, 0.2) is 0 Å². The second kappa shape index (κ2) is 4.90. The van der Waals surface area contributed by atoms with Crippen LogP contribution in [0.3, 0.4) is 0 Å². The molecule has 2 aliphatic carbocycles. The predicted octanol–water partition coefficient (Wildman–Crippen LogP) is 2.56. The molecule has 0 heterocycles. The molecule has 0 aromatic rings. The van der Waals surface area contributed by atoms with Gasteiger partial charge < -0.3 is 5.73 Å². The first-order valence-electron chi connectivity index (χ1n) is 6.38. The van der Waals surface area contributed by atoms with E-state index >= 15 is 0 Å². The lowest BCUT2D eigenvalue weighted by Gasteiger charge is -2.39. The number of rotatable bonds is 1. The topological polar surface area (TPSA) is 67.5 Å². The van der Waals surface area contributed by atoms with Gasteiger partial charge in [0, 0.05) is 11.6 Å². The van der Waals surface area contributed by atoms with Crippen LogP contribution in [0.5, 0.6) is 0 Å². The van der Waals surface area contributed by atoms with Gasteiger partial charge in [0.2, 0.25) is 0 Å². The zero-order chi connectivity index (χ0) is 12.4. The molecule has 2 fully saturated rings. The van der Waals surface area contributed by atoms with E-state index in [4.69, 9.17) is 5.73 Å². The van der Waals surface area contributed by atoms with Crippen molar-refractivity contribution in [3.8, 4) is 0 Å². The highest BCUT2D eigenvalue weighted by atomic mass is 16.2. The van der Waals surface area contributed by atoms with Crippen molar-refractivity contribution >= 4 is 11.7 Å². The highest BCUT2D eigenvalue weighted by molar-refractivity contribution is 5.91. The fraction of sp³-hybridized carbons (Fsp3) is 0.692. The van der Waals surface area contributed by atoms with Crippen molar-refractivity contribution in [3.05, 3.63) is 11.1 Å². The number of carbonyl (C=O) groups excluding carboxylic acids is 1. The van der Waals surface area contributed by atoms with Crippen LogP contribution in [0.2, 0.25) is 0 Å². The Kier molecular flexibility index (Phi) is 3.50. The molecule has 0 radical (unpaired) electrons. The van der Waals surface area contributed by atoms with Crippen molar-refractivity contribution in [2.75, 3.05) is 0 Å². The molecule has 2 atom stereocenters. The minimum atomic E-state index is -0.575. The average Bonchev–Trinajstić information content (AvgIpc) is 2.27. The standard InChI is InChI=1S/C13H21N3O/c1-8(2)12-9-4-3-5-10(12)11(7-6-9)15-16-13(14)17/h9-10H,3-7H2,1-2H3,(H3,14,16,17)/b15-11-/t9-,10-/m1/s1. The molecule has 0 aromatic heterocycles. The number of hydrogen-bond acceptors (Lipinski definition) is 2. The first-order valence-corrected chi connectivity index (χ1v) is 6.38. The zero-order valence-electron chi connectivity index (χ0n) is 10.6. The van der Waals surface area contributed by atoms with Crippen LogP contribution >= 0.6 is 0 Å². The maximum absolute atomic E-state index is 10.7. The molecule has 0 aliphatic heterocycles. The third-order valence-electron chi connectivity index (χ3n) is 3.90. The van der Waals surface area contributed by atoms with E-state index in [2.05, 4.69) is 24.4 Å². The molecular weight excluding hydrogens is 214 g/mol. The van der Waals surface area contributed by atoms with E-state index in [1.54, 1.807) is 5.57 Å². The second-order valence-electron chi connectivity index (χ2n) is 5.25. The van der Waals surface area contributed by atoms with E-state index in [1.165, 1.54) is 18.4 Å². The Labute approximate surface area is 102 Å². The number of nitrogens with two attached hydrogens (primary N) is 1. The molecule has 2 amide bonds. The Bertz CT molecular complexity index is 380. The van der Waals surface area contributed by atoms with Gasteiger partial charge in [-0.15, -0.1) is 0 Å². The summed E-state index contributed by atoms with van der Waals surface area (Å²) in [4.78, 5) is 10.7. The summed E-state index contributed by atoms with van der Waals surface area (Å²) in [6, 6.07) is -0.575. The van der Waals surface area contributed by atoms with Crippen LogP contribution in [-0.4, -0.2) is 11.7 Å². The number of fused-ring (bicyclic) bond motifs is 2. The number of hydrogen-bond donors (Lipinski definition) is 2. The summed E-state index contributed by atoms with van der Waals surface area (Å²) in [6.45, 7) is 4.37. The first-order chi connectivity index (χ1) is 8.09. The molecule has 0 aromatic carbocycles. The number of nitrogens with zero attached hydrogens (tertiary/aromatic N) is 1. The second-order valence-corrected chi connectivity index (χ2v) is 5.25. The van der Waals surface area contributed by atoms with Crippen LogP contribution in [0, 0.1) is 11.8 Å². The zero-order valence-corrected chi connectivity index (χ0v) is 10.6. The molecule has 0 unspecified atom stereocenters. The Hall–Kier alpha value is -1.32. The average molecular weight is 235 g/mol. The number of allylic oxidation sites excluding steroid dienone is 2. The number of nitrogens with one attached hydrogen (secondary N) is 1. The third-order valence-corrected chi connectivity index (χ3v) is 3.90. The van der Waals surface area contributed by atoms with Crippen LogP contribution in [0.15, 0.2) is 16.2 Å². The van der Waals surface area contributed by atoms with Crippen LogP contribution in [-0.2, 0) is 0 Å². The van der Waals surface area contributed by atoms with Gasteiger partial charge in [-0.2, -0.15) is 5.10 Å². The minimum absolute atomic E-state index is 0.444. The van der Waals surface area contributed by atoms with Crippen molar-refractivity contribution in [1.82, 2.24) is 5.43 Å². The third kappa shape index (κ3) is 2.51. The summed E-state index contributed by atoms with van der Waals surface area (Å²) in [5, 5.41) is 4.19. The molecule has 4 nitrogen and oxygen atoms in total. The molecular formula is C13H21N3O. The van der Waals surface area contributed by atoms with Crippen LogP contribution in [0.1, 0.15) is 46.0 Å². The van der Waals surface area contributed by atoms with Gasteiger partial charge in [0.05, 0.1) is 0 Å². The van der Waals surface area contributed by atoms with E-state index in [9.17, 15) is 4.79 Å². The number of carbonyl (C=O) groups is 1. The predicted molar refractivity (Wildman–Crippen MR) is 68.6 cm³/mol. The maximum Gasteiger partial charge on any atom is 0.332 e.